The predicted molar refractivity (Wildman–Crippen MR) is 77.3 cm³/mol. The number of hydrogen-bond donors (Lipinski definition) is 2. The third-order valence-corrected chi connectivity index (χ3v) is 3.12. The number of nitrogens with zero attached hydrogens (tertiary/aromatic N) is 1. The Morgan fingerprint density at radius 2 is 1.70 bits per heavy atom. The molecule has 0 aliphatic rings. The van der Waals surface area contributed by atoms with Gasteiger partial charge in [-0.3, -0.25) is 0 Å². The molecular weight excluding hydrogens is 260 g/mol. The van der Waals surface area contributed by atoms with Crippen LogP contribution >= 0.6 is 0 Å². The lowest BCUT2D eigenvalue weighted by Crippen LogP contribution is -2.41. The maximum Gasteiger partial charge on any atom is 0.438 e. The molecule has 0 aromatic heterocycles. The van der Waals surface area contributed by atoms with Gasteiger partial charge in [-0.2, -0.15) is 0 Å². The third kappa shape index (κ3) is 7.86. The lowest BCUT2D eigenvalue weighted by atomic mass is 9.72. The highest BCUT2D eigenvalue weighted by Gasteiger charge is 2.31. The number of hydroxylamine groups is 1. The van der Waals surface area contributed by atoms with Crippen LogP contribution in [0.25, 0.3) is 0 Å². The van der Waals surface area contributed by atoms with Crippen molar-refractivity contribution in [3.05, 3.63) is 0 Å². The quantitative estimate of drug-likeness (QED) is 0.781. The normalized spacial score (nSPS) is 13.6. The summed E-state index contributed by atoms with van der Waals surface area (Å²) in [4.78, 5) is 27.8. The fraction of sp³-hybridized carbons (Fsp3) is 0.857. The molecular formula is C14H28N2O4. The van der Waals surface area contributed by atoms with Gasteiger partial charge in [-0.1, -0.05) is 41.5 Å². The van der Waals surface area contributed by atoms with Crippen molar-refractivity contribution >= 4 is 12.2 Å². The molecule has 2 amide bonds. The Kier molecular flexibility index (Phi) is 6.32. The second-order valence-electron chi connectivity index (χ2n) is 7.48. The highest BCUT2D eigenvalue weighted by Crippen LogP contribution is 2.36. The van der Waals surface area contributed by atoms with E-state index in [9.17, 15) is 9.59 Å². The number of carbonyl (C=O) groups is 2. The fourth-order valence-electron chi connectivity index (χ4n) is 1.95. The van der Waals surface area contributed by atoms with E-state index < -0.39 is 12.2 Å². The fourth-order valence-corrected chi connectivity index (χ4v) is 1.95. The van der Waals surface area contributed by atoms with Crippen molar-refractivity contribution in [3.8, 4) is 0 Å². The standard InChI is InChI=1S/C14H28N2O4/c1-13(2,3)8-10(14(4,5)6)9-16(7)12(19)20-15-11(17)18/h10,15H,8-9H2,1-7H3,(H,17,18)/t10-/m1/s1. The summed E-state index contributed by atoms with van der Waals surface area (Å²) in [6, 6.07) is 0. The monoisotopic (exact) mass is 288 g/mol. The molecule has 0 fully saturated rings. The minimum Gasteiger partial charge on any atom is -0.463 e. The molecule has 0 saturated carbocycles. The number of amides is 2. The van der Waals surface area contributed by atoms with Crippen LogP contribution in [0.3, 0.4) is 0 Å². The van der Waals surface area contributed by atoms with Crippen LogP contribution in [0.15, 0.2) is 0 Å². The Hall–Kier alpha value is -1.46. The summed E-state index contributed by atoms with van der Waals surface area (Å²) in [5.41, 5.74) is 1.81. The van der Waals surface area contributed by atoms with Crippen molar-refractivity contribution in [3.63, 3.8) is 0 Å². The molecule has 0 aromatic carbocycles. The maximum atomic E-state index is 11.7. The zero-order chi connectivity index (χ0) is 16.1. The number of rotatable bonds is 3. The first-order valence-electron chi connectivity index (χ1n) is 6.74. The van der Waals surface area contributed by atoms with Gasteiger partial charge in [0.1, 0.15) is 0 Å². The van der Waals surface area contributed by atoms with E-state index >= 15 is 0 Å². The molecule has 1 atom stereocenters. The molecule has 2 N–H and O–H groups in total. The second-order valence-corrected chi connectivity index (χ2v) is 7.48. The summed E-state index contributed by atoms with van der Waals surface area (Å²) in [7, 11) is 1.60. The topological polar surface area (TPSA) is 78.9 Å². The summed E-state index contributed by atoms with van der Waals surface area (Å²) in [6.45, 7) is 13.4. The molecule has 0 bridgehead atoms. The van der Waals surface area contributed by atoms with Gasteiger partial charge in [0, 0.05) is 13.6 Å². The second kappa shape index (κ2) is 6.81. The Bertz CT molecular complexity index is 342. The molecule has 118 valence electrons. The minimum absolute atomic E-state index is 0.0437. The summed E-state index contributed by atoms with van der Waals surface area (Å²) >= 11 is 0. The van der Waals surface area contributed by atoms with E-state index in [4.69, 9.17) is 5.11 Å². The van der Waals surface area contributed by atoms with Gasteiger partial charge < -0.3 is 14.8 Å². The number of carboxylic acid groups (broad SMARTS) is 1. The van der Waals surface area contributed by atoms with Crippen LogP contribution in [-0.4, -0.2) is 35.8 Å². The molecule has 6 nitrogen and oxygen atoms in total. The first-order chi connectivity index (χ1) is 8.83. The number of nitrogens with one attached hydrogen (secondary N) is 1. The zero-order valence-corrected chi connectivity index (χ0v) is 13.6. The van der Waals surface area contributed by atoms with Crippen molar-refractivity contribution < 1.29 is 19.5 Å². The summed E-state index contributed by atoms with van der Waals surface area (Å²) in [6.07, 6.45) is -1.13. The number of hydrogen-bond acceptors (Lipinski definition) is 3. The Morgan fingerprint density at radius 1 is 1.20 bits per heavy atom. The summed E-state index contributed by atoms with van der Waals surface area (Å²) in [5.74, 6) is 0.282. The third-order valence-electron chi connectivity index (χ3n) is 3.12. The lowest BCUT2D eigenvalue weighted by molar-refractivity contribution is 0.0462. The predicted octanol–water partition coefficient (Wildman–Crippen LogP) is 3.34. The van der Waals surface area contributed by atoms with Crippen LogP contribution < -0.4 is 5.48 Å². The van der Waals surface area contributed by atoms with Gasteiger partial charge in [0.15, 0.2) is 0 Å². The van der Waals surface area contributed by atoms with E-state index in [1.54, 1.807) is 12.5 Å². The molecule has 0 aliphatic heterocycles. The zero-order valence-electron chi connectivity index (χ0n) is 13.6. The highest BCUT2D eigenvalue weighted by atomic mass is 16.7. The summed E-state index contributed by atoms with van der Waals surface area (Å²) < 4.78 is 0. The first kappa shape index (κ1) is 18.5. The Morgan fingerprint density at radius 3 is 2.05 bits per heavy atom. The minimum atomic E-state index is -1.39. The molecule has 0 aliphatic carbocycles. The molecule has 0 rings (SSSR count). The smallest absolute Gasteiger partial charge is 0.438 e. The molecule has 6 heteroatoms. The maximum absolute atomic E-state index is 11.7. The van der Waals surface area contributed by atoms with Crippen molar-refractivity contribution in [2.75, 3.05) is 13.6 Å². The average molecular weight is 288 g/mol. The molecule has 0 unspecified atom stereocenters. The molecule has 0 heterocycles. The van der Waals surface area contributed by atoms with Gasteiger partial charge in [0.2, 0.25) is 0 Å². The lowest BCUT2D eigenvalue weighted by Gasteiger charge is -2.37. The molecule has 20 heavy (non-hydrogen) atoms. The highest BCUT2D eigenvalue weighted by molar-refractivity contribution is 5.70. The molecule has 0 aromatic rings. The summed E-state index contributed by atoms with van der Waals surface area (Å²) in [5, 5.41) is 8.40. The Labute approximate surface area is 121 Å². The van der Waals surface area contributed by atoms with Gasteiger partial charge in [0.05, 0.1) is 0 Å². The van der Waals surface area contributed by atoms with E-state index in [2.05, 4.69) is 46.4 Å². The largest absolute Gasteiger partial charge is 0.463 e. The van der Waals surface area contributed by atoms with Crippen molar-refractivity contribution in [2.45, 2.75) is 48.0 Å². The van der Waals surface area contributed by atoms with Gasteiger partial charge in [-0.15, -0.1) is 5.48 Å². The van der Waals surface area contributed by atoms with Gasteiger partial charge >= 0.3 is 12.2 Å². The SMILES string of the molecule is CN(C[C@@H](CC(C)(C)C)C(C)(C)C)C(=O)ONC(=O)O. The van der Waals surface area contributed by atoms with E-state index in [-0.39, 0.29) is 16.7 Å². The van der Waals surface area contributed by atoms with Crippen molar-refractivity contribution in [1.82, 2.24) is 10.4 Å². The number of carbonyl (C=O) groups excluding carboxylic acids is 1. The molecule has 0 spiro atoms. The van der Waals surface area contributed by atoms with E-state index in [0.29, 0.717) is 6.54 Å². The van der Waals surface area contributed by atoms with Gasteiger partial charge in [-0.25, -0.2) is 9.59 Å². The van der Waals surface area contributed by atoms with Crippen molar-refractivity contribution in [1.29, 1.82) is 0 Å². The van der Waals surface area contributed by atoms with Gasteiger partial charge in [0.25, 0.3) is 0 Å². The Balaban J connectivity index is 4.65. The van der Waals surface area contributed by atoms with Crippen LogP contribution in [0, 0.1) is 16.7 Å². The van der Waals surface area contributed by atoms with E-state index in [1.807, 2.05) is 0 Å². The van der Waals surface area contributed by atoms with Crippen LogP contribution in [0.1, 0.15) is 48.0 Å². The first-order valence-corrected chi connectivity index (χ1v) is 6.74. The van der Waals surface area contributed by atoms with E-state index in [0.717, 1.165) is 6.42 Å². The molecule has 0 saturated heterocycles. The van der Waals surface area contributed by atoms with E-state index in [1.165, 1.54) is 4.90 Å². The van der Waals surface area contributed by atoms with Crippen LogP contribution in [0.4, 0.5) is 9.59 Å². The average Bonchev–Trinajstić information content (AvgIpc) is 2.21. The van der Waals surface area contributed by atoms with Crippen LogP contribution in [0.5, 0.6) is 0 Å². The van der Waals surface area contributed by atoms with Crippen LogP contribution in [-0.2, 0) is 4.84 Å². The molecule has 0 radical (unpaired) electrons. The van der Waals surface area contributed by atoms with Crippen molar-refractivity contribution in [2.24, 2.45) is 16.7 Å². The van der Waals surface area contributed by atoms with Gasteiger partial charge in [-0.05, 0) is 23.2 Å². The van der Waals surface area contributed by atoms with Crippen LogP contribution in [0.2, 0.25) is 0 Å².